The summed E-state index contributed by atoms with van der Waals surface area (Å²) in [6.45, 7) is 2.36. The number of rotatable bonds is 4. The molecule has 0 spiro atoms. The van der Waals surface area contributed by atoms with Crippen molar-refractivity contribution in [3.8, 4) is 0 Å². The summed E-state index contributed by atoms with van der Waals surface area (Å²) in [5.74, 6) is 0. The van der Waals surface area contributed by atoms with Gasteiger partial charge < -0.3 is 5.11 Å². The Kier molecular flexibility index (Phi) is 4.58. The predicted octanol–water partition coefficient (Wildman–Crippen LogP) is 4.05. The van der Waals surface area contributed by atoms with Gasteiger partial charge >= 0.3 is 6.18 Å². The fourth-order valence-corrected chi connectivity index (χ4v) is 2.42. The van der Waals surface area contributed by atoms with Gasteiger partial charge in [0.15, 0.2) is 0 Å². The summed E-state index contributed by atoms with van der Waals surface area (Å²) < 4.78 is 40.5. The third kappa shape index (κ3) is 3.22. The Morgan fingerprint density at radius 2 is 2.00 bits per heavy atom. The molecule has 0 aliphatic rings. The van der Waals surface area contributed by atoms with E-state index in [-0.39, 0.29) is 16.3 Å². The first-order valence-electron chi connectivity index (χ1n) is 6.41. The smallest absolute Gasteiger partial charge is 0.382 e. The molecule has 1 heterocycles. The lowest BCUT2D eigenvalue weighted by Gasteiger charge is -2.19. The number of aryl methyl sites for hydroxylation is 1. The zero-order valence-electron chi connectivity index (χ0n) is 11.2. The van der Waals surface area contributed by atoms with E-state index in [4.69, 9.17) is 11.6 Å². The highest BCUT2D eigenvalue weighted by molar-refractivity contribution is 6.31. The normalized spacial score (nSPS) is 13.4. The Morgan fingerprint density at radius 3 is 2.62 bits per heavy atom. The van der Waals surface area contributed by atoms with Gasteiger partial charge in [-0.05, 0) is 18.1 Å². The van der Waals surface area contributed by atoms with E-state index in [0.29, 0.717) is 6.54 Å². The molecule has 1 aromatic heterocycles. The third-order valence-corrected chi connectivity index (χ3v) is 3.38. The zero-order chi connectivity index (χ0) is 15.6. The average Bonchev–Trinajstić information content (AvgIpc) is 2.79. The van der Waals surface area contributed by atoms with Crippen molar-refractivity contribution in [1.82, 2.24) is 9.78 Å². The molecular weight excluding hydrogens is 305 g/mol. The van der Waals surface area contributed by atoms with E-state index in [1.807, 2.05) is 6.92 Å². The van der Waals surface area contributed by atoms with E-state index in [0.717, 1.165) is 12.5 Å². The van der Waals surface area contributed by atoms with Crippen LogP contribution in [0.3, 0.4) is 0 Å². The third-order valence-electron chi connectivity index (χ3n) is 3.09. The van der Waals surface area contributed by atoms with Gasteiger partial charge in [-0.2, -0.15) is 18.3 Å². The molecule has 0 fully saturated rings. The highest BCUT2D eigenvalue weighted by Crippen LogP contribution is 2.37. The Hall–Kier alpha value is -1.53. The minimum atomic E-state index is -4.54. The minimum Gasteiger partial charge on any atom is -0.382 e. The van der Waals surface area contributed by atoms with Crippen LogP contribution in [0.4, 0.5) is 13.2 Å². The lowest BCUT2D eigenvalue weighted by Crippen LogP contribution is -2.16. The highest BCUT2D eigenvalue weighted by atomic mass is 35.5. The molecule has 1 N–H and O–H groups in total. The highest BCUT2D eigenvalue weighted by Gasteiger charge is 2.36. The SMILES string of the molecule is CCCn1ncc(Cl)c1C(O)c1ccccc1C(F)(F)F. The van der Waals surface area contributed by atoms with Gasteiger partial charge in [-0.25, -0.2) is 0 Å². The molecule has 0 aliphatic heterocycles. The second-order valence-electron chi connectivity index (χ2n) is 4.59. The lowest BCUT2D eigenvalue weighted by molar-refractivity contribution is -0.139. The van der Waals surface area contributed by atoms with Gasteiger partial charge in [0.2, 0.25) is 0 Å². The number of halogens is 4. The van der Waals surface area contributed by atoms with Crippen molar-refractivity contribution in [1.29, 1.82) is 0 Å². The van der Waals surface area contributed by atoms with E-state index in [9.17, 15) is 18.3 Å². The summed E-state index contributed by atoms with van der Waals surface area (Å²) in [7, 11) is 0. The van der Waals surface area contributed by atoms with Gasteiger partial charge in [0, 0.05) is 6.54 Å². The number of benzene rings is 1. The molecule has 2 aromatic rings. The fraction of sp³-hybridized carbons (Fsp3) is 0.357. The fourth-order valence-electron chi connectivity index (χ4n) is 2.17. The first kappa shape index (κ1) is 15.9. The summed E-state index contributed by atoms with van der Waals surface area (Å²) in [6.07, 6.45) is -3.98. The molecule has 2 rings (SSSR count). The van der Waals surface area contributed by atoms with Crippen LogP contribution in [0.25, 0.3) is 0 Å². The molecule has 3 nitrogen and oxygen atoms in total. The summed E-state index contributed by atoms with van der Waals surface area (Å²) in [5.41, 5.74) is -0.933. The number of aliphatic hydroxyl groups is 1. The summed E-state index contributed by atoms with van der Waals surface area (Å²) >= 11 is 5.97. The van der Waals surface area contributed by atoms with E-state index in [1.54, 1.807) is 0 Å². The van der Waals surface area contributed by atoms with Gasteiger partial charge in [-0.15, -0.1) is 0 Å². The molecule has 1 unspecified atom stereocenters. The van der Waals surface area contributed by atoms with Crippen molar-refractivity contribution in [3.63, 3.8) is 0 Å². The topological polar surface area (TPSA) is 38.0 Å². The minimum absolute atomic E-state index is 0.146. The molecule has 0 radical (unpaired) electrons. The number of nitrogens with zero attached hydrogens (tertiary/aromatic N) is 2. The molecule has 114 valence electrons. The van der Waals surface area contributed by atoms with Crippen LogP contribution >= 0.6 is 11.6 Å². The second-order valence-corrected chi connectivity index (χ2v) is 5.00. The molecular formula is C14H14ClF3N2O. The van der Waals surface area contributed by atoms with Crippen LogP contribution in [-0.2, 0) is 12.7 Å². The molecule has 0 amide bonds. The van der Waals surface area contributed by atoms with Gasteiger partial charge in [0.05, 0.1) is 22.5 Å². The van der Waals surface area contributed by atoms with Crippen LogP contribution < -0.4 is 0 Å². The van der Waals surface area contributed by atoms with Crippen molar-refractivity contribution < 1.29 is 18.3 Å². The van der Waals surface area contributed by atoms with Crippen LogP contribution in [0.5, 0.6) is 0 Å². The van der Waals surface area contributed by atoms with Crippen LogP contribution in [0.1, 0.15) is 36.3 Å². The molecule has 0 saturated heterocycles. The number of alkyl halides is 3. The molecule has 21 heavy (non-hydrogen) atoms. The van der Waals surface area contributed by atoms with E-state index >= 15 is 0 Å². The molecule has 0 bridgehead atoms. The Labute approximate surface area is 125 Å². The number of aliphatic hydroxyl groups excluding tert-OH is 1. The van der Waals surface area contributed by atoms with Crippen LogP contribution in [0, 0.1) is 0 Å². The monoisotopic (exact) mass is 318 g/mol. The maximum atomic E-state index is 13.0. The van der Waals surface area contributed by atoms with Gasteiger partial charge in [0.1, 0.15) is 6.10 Å². The lowest BCUT2D eigenvalue weighted by atomic mass is 9.99. The average molecular weight is 319 g/mol. The second kappa shape index (κ2) is 6.07. The van der Waals surface area contributed by atoms with Crippen molar-refractivity contribution in [2.75, 3.05) is 0 Å². The summed E-state index contributed by atoms with van der Waals surface area (Å²) in [4.78, 5) is 0. The van der Waals surface area contributed by atoms with Crippen molar-refractivity contribution >= 4 is 11.6 Å². The van der Waals surface area contributed by atoms with E-state index < -0.39 is 17.8 Å². The molecule has 7 heteroatoms. The van der Waals surface area contributed by atoms with Crippen molar-refractivity contribution in [2.45, 2.75) is 32.2 Å². The van der Waals surface area contributed by atoms with Crippen LogP contribution in [0.2, 0.25) is 5.02 Å². The number of hydrogen-bond donors (Lipinski definition) is 1. The van der Waals surface area contributed by atoms with Crippen molar-refractivity contribution in [2.24, 2.45) is 0 Å². The molecule has 0 saturated carbocycles. The van der Waals surface area contributed by atoms with Crippen LogP contribution in [-0.4, -0.2) is 14.9 Å². The van der Waals surface area contributed by atoms with Crippen molar-refractivity contribution in [3.05, 3.63) is 52.3 Å². The predicted molar refractivity (Wildman–Crippen MR) is 73.0 cm³/mol. The van der Waals surface area contributed by atoms with Crippen LogP contribution in [0.15, 0.2) is 30.5 Å². The molecule has 1 aromatic carbocycles. The molecule has 0 aliphatic carbocycles. The standard InChI is InChI=1S/C14H14ClF3N2O/c1-2-7-20-12(11(15)8-19-20)13(21)9-5-3-4-6-10(9)14(16,17)18/h3-6,8,13,21H,2,7H2,1H3. The first-order chi connectivity index (χ1) is 9.86. The van der Waals surface area contributed by atoms with E-state index in [2.05, 4.69) is 5.10 Å². The Bertz CT molecular complexity index is 625. The van der Waals surface area contributed by atoms with Gasteiger partial charge in [-0.3, -0.25) is 4.68 Å². The van der Waals surface area contributed by atoms with Gasteiger partial charge in [0.25, 0.3) is 0 Å². The number of hydrogen-bond acceptors (Lipinski definition) is 2. The Balaban J connectivity index is 2.51. The maximum absolute atomic E-state index is 13.0. The quantitative estimate of drug-likeness (QED) is 0.923. The zero-order valence-corrected chi connectivity index (χ0v) is 12.0. The summed E-state index contributed by atoms with van der Waals surface area (Å²) in [5, 5.41) is 14.5. The van der Waals surface area contributed by atoms with Gasteiger partial charge in [-0.1, -0.05) is 36.7 Å². The largest absolute Gasteiger partial charge is 0.416 e. The maximum Gasteiger partial charge on any atom is 0.416 e. The molecule has 1 atom stereocenters. The first-order valence-corrected chi connectivity index (χ1v) is 6.79. The number of aromatic nitrogens is 2. The summed E-state index contributed by atoms with van der Waals surface area (Å²) in [6, 6.07) is 4.91. The van der Waals surface area contributed by atoms with E-state index in [1.165, 1.54) is 29.1 Å². The Morgan fingerprint density at radius 1 is 1.33 bits per heavy atom.